The molecule has 1 saturated heterocycles. The van der Waals surface area contributed by atoms with Crippen molar-refractivity contribution in [3.05, 3.63) is 65.8 Å². The predicted molar refractivity (Wildman–Crippen MR) is 120 cm³/mol. The number of hydrogen-bond donors (Lipinski definition) is 0. The van der Waals surface area contributed by atoms with Crippen LogP contribution in [0.3, 0.4) is 0 Å². The lowest BCUT2D eigenvalue weighted by atomic mass is 9.73. The topological polar surface area (TPSA) is 18.5 Å². The van der Waals surface area contributed by atoms with Gasteiger partial charge in [0.05, 0.1) is 19.3 Å². The van der Waals surface area contributed by atoms with E-state index in [9.17, 15) is 17.6 Å². The summed E-state index contributed by atoms with van der Waals surface area (Å²) in [5, 5.41) is 0. The molecule has 6 heteroatoms. The zero-order valence-electron chi connectivity index (χ0n) is 18.9. The van der Waals surface area contributed by atoms with Gasteiger partial charge in [-0.3, -0.25) is 0 Å². The monoisotopic (exact) mass is 462 g/mol. The van der Waals surface area contributed by atoms with Gasteiger partial charge in [-0.1, -0.05) is 18.2 Å². The van der Waals surface area contributed by atoms with Crippen LogP contribution in [0, 0.1) is 41.0 Å². The van der Waals surface area contributed by atoms with Crippen molar-refractivity contribution in [1.82, 2.24) is 0 Å². The fourth-order valence-corrected chi connectivity index (χ4v) is 5.27. The molecule has 2 aromatic rings. The van der Waals surface area contributed by atoms with Crippen molar-refractivity contribution >= 4 is 0 Å². The van der Waals surface area contributed by atoms with Gasteiger partial charge in [0.1, 0.15) is 0 Å². The summed E-state index contributed by atoms with van der Waals surface area (Å²) in [7, 11) is 0. The van der Waals surface area contributed by atoms with Gasteiger partial charge in [-0.2, -0.15) is 4.39 Å². The highest BCUT2D eigenvalue weighted by Crippen LogP contribution is 2.42. The minimum absolute atomic E-state index is 0.122. The Kier molecular flexibility index (Phi) is 7.42. The van der Waals surface area contributed by atoms with Crippen molar-refractivity contribution < 1.29 is 27.0 Å². The van der Waals surface area contributed by atoms with Gasteiger partial charge in [0, 0.05) is 16.7 Å². The SMILES string of the molecule is C=CC1CCC(C2CCC(c3ccc(-c4ccc(OCC)c(F)c4F)c(F)c3F)OC2)CC1. The zero-order chi connectivity index (χ0) is 23.5. The Bertz CT molecular complexity index is 990. The average Bonchev–Trinajstić information content (AvgIpc) is 2.85. The molecule has 1 aliphatic carbocycles. The van der Waals surface area contributed by atoms with Crippen LogP contribution in [0.2, 0.25) is 0 Å². The predicted octanol–water partition coefficient (Wildman–Crippen LogP) is 7.77. The zero-order valence-corrected chi connectivity index (χ0v) is 18.9. The van der Waals surface area contributed by atoms with Gasteiger partial charge in [0.2, 0.25) is 5.82 Å². The highest BCUT2D eigenvalue weighted by molar-refractivity contribution is 5.66. The summed E-state index contributed by atoms with van der Waals surface area (Å²) in [4.78, 5) is 0. The molecule has 2 atom stereocenters. The Morgan fingerprint density at radius 2 is 1.48 bits per heavy atom. The molecule has 2 unspecified atom stereocenters. The van der Waals surface area contributed by atoms with Crippen LogP contribution < -0.4 is 4.74 Å². The molecule has 0 radical (unpaired) electrons. The van der Waals surface area contributed by atoms with E-state index < -0.39 is 29.4 Å². The van der Waals surface area contributed by atoms with E-state index in [4.69, 9.17) is 9.47 Å². The van der Waals surface area contributed by atoms with E-state index in [1.165, 1.54) is 24.3 Å². The summed E-state index contributed by atoms with van der Waals surface area (Å²) in [5.41, 5.74) is -0.557. The molecule has 0 N–H and O–H groups in total. The van der Waals surface area contributed by atoms with Crippen LogP contribution in [-0.4, -0.2) is 13.2 Å². The Morgan fingerprint density at radius 3 is 2.09 bits per heavy atom. The first-order chi connectivity index (χ1) is 15.9. The van der Waals surface area contributed by atoms with Gasteiger partial charge >= 0.3 is 0 Å². The molecule has 2 aromatic carbocycles. The minimum atomic E-state index is -1.27. The van der Waals surface area contributed by atoms with Gasteiger partial charge in [-0.25, -0.2) is 13.2 Å². The molecule has 2 fully saturated rings. The second-order valence-corrected chi connectivity index (χ2v) is 9.07. The first kappa shape index (κ1) is 23.8. The number of ether oxygens (including phenoxy) is 2. The Morgan fingerprint density at radius 1 is 0.848 bits per heavy atom. The Hall–Kier alpha value is -2.34. The quantitative estimate of drug-likeness (QED) is 0.322. The summed E-state index contributed by atoms with van der Waals surface area (Å²) < 4.78 is 69.7. The Balaban J connectivity index is 1.48. The lowest BCUT2D eigenvalue weighted by Crippen LogP contribution is -2.29. The van der Waals surface area contributed by atoms with Gasteiger partial charge in [0.15, 0.2) is 23.2 Å². The minimum Gasteiger partial charge on any atom is -0.491 e. The molecule has 2 aliphatic rings. The second-order valence-electron chi connectivity index (χ2n) is 9.07. The number of hydrogen-bond acceptors (Lipinski definition) is 2. The third kappa shape index (κ3) is 4.81. The van der Waals surface area contributed by atoms with Gasteiger partial charge in [-0.05, 0) is 75.3 Å². The van der Waals surface area contributed by atoms with Crippen LogP contribution in [0.25, 0.3) is 11.1 Å². The lowest BCUT2D eigenvalue weighted by Gasteiger charge is -2.37. The van der Waals surface area contributed by atoms with E-state index in [0.717, 1.165) is 32.1 Å². The number of allylic oxidation sites excluding steroid dienone is 1. The third-order valence-electron chi connectivity index (χ3n) is 7.22. The maximum Gasteiger partial charge on any atom is 0.201 e. The largest absolute Gasteiger partial charge is 0.491 e. The van der Waals surface area contributed by atoms with Crippen LogP contribution in [-0.2, 0) is 4.74 Å². The van der Waals surface area contributed by atoms with E-state index in [-0.39, 0.29) is 29.0 Å². The molecule has 1 heterocycles. The second kappa shape index (κ2) is 10.3. The maximum absolute atomic E-state index is 15.0. The van der Waals surface area contributed by atoms with Crippen molar-refractivity contribution in [3.8, 4) is 16.9 Å². The van der Waals surface area contributed by atoms with Gasteiger partial charge < -0.3 is 9.47 Å². The summed E-state index contributed by atoms with van der Waals surface area (Å²) >= 11 is 0. The molecular formula is C27H30F4O2. The van der Waals surface area contributed by atoms with Crippen LogP contribution in [0.1, 0.15) is 57.1 Å². The average molecular weight is 463 g/mol. The van der Waals surface area contributed by atoms with Crippen LogP contribution in [0.4, 0.5) is 17.6 Å². The standard InChI is InChI=1S/C27H30F4O2/c1-3-16-5-7-17(8-6-16)18-9-13-22(33-15-18)21-11-10-19(24(28)26(21)30)20-12-14-23(32-4-2)27(31)25(20)29/h3,10-12,14,16-18,22H,1,4-9,13,15H2,2H3. The van der Waals surface area contributed by atoms with E-state index in [2.05, 4.69) is 6.58 Å². The molecule has 0 amide bonds. The molecule has 4 rings (SSSR count). The van der Waals surface area contributed by atoms with Crippen molar-refractivity contribution in [2.24, 2.45) is 17.8 Å². The molecule has 1 aliphatic heterocycles. The van der Waals surface area contributed by atoms with Gasteiger partial charge in [-0.15, -0.1) is 6.58 Å². The molecule has 0 aromatic heterocycles. The maximum atomic E-state index is 15.0. The van der Waals surface area contributed by atoms with Crippen LogP contribution >= 0.6 is 0 Å². The van der Waals surface area contributed by atoms with Crippen molar-refractivity contribution in [3.63, 3.8) is 0 Å². The van der Waals surface area contributed by atoms with E-state index >= 15 is 0 Å². The fraction of sp³-hybridized carbons (Fsp3) is 0.481. The normalized spacial score (nSPS) is 25.6. The summed E-state index contributed by atoms with van der Waals surface area (Å²) in [6, 6.07) is 5.12. The molecule has 178 valence electrons. The number of rotatable bonds is 6. The number of halogens is 4. The molecular weight excluding hydrogens is 432 g/mol. The molecule has 1 saturated carbocycles. The van der Waals surface area contributed by atoms with Crippen LogP contribution in [0.15, 0.2) is 36.9 Å². The smallest absolute Gasteiger partial charge is 0.201 e. The number of benzene rings is 2. The van der Waals surface area contributed by atoms with Gasteiger partial charge in [0.25, 0.3) is 0 Å². The summed E-state index contributed by atoms with van der Waals surface area (Å²) in [6.45, 7) is 6.21. The molecule has 0 spiro atoms. The highest BCUT2D eigenvalue weighted by Gasteiger charge is 2.33. The first-order valence-corrected chi connectivity index (χ1v) is 11.8. The molecule has 33 heavy (non-hydrogen) atoms. The highest BCUT2D eigenvalue weighted by atomic mass is 19.2. The van der Waals surface area contributed by atoms with E-state index in [1.807, 2.05) is 6.08 Å². The first-order valence-electron chi connectivity index (χ1n) is 11.8. The fourth-order valence-electron chi connectivity index (χ4n) is 5.27. The Labute approximate surface area is 192 Å². The summed E-state index contributed by atoms with van der Waals surface area (Å²) in [6.07, 6.45) is 7.60. The molecule has 0 bridgehead atoms. The van der Waals surface area contributed by atoms with Crippen molar-refractivity contribution in [2.75, 3.05) is 13.2 Å². The van der Waals surface area contributed by atoms with Crippen LogP contribution in [0.5, 0.6) is 5.75 Å². The van der Waals surface area contributed by atoms with Crippen molar-refractivity contribution in [1.29, 1.82) is 0 Å². The summed E-state index contributed by atoms with van der Waals surface area (Å²) in [5.74, 6) is -3.40. The lowest BCUT2D eigenvalue weighted by molar-refractivity contribution is -0.0411. The van der Waals surface area contributed by atoms with E-state index in [0.29, 0.717) is 30.8 Å². The third-order valence-corrected chi connectivity index (χ3v) is 7.22. The van der Waals surface area contributed by atoms with Crippen molar-refractivity contribution in [2.45, 2.75) is 51.6 Å². The molecule has 2 nitrogen and oxygen atoms in total. The van der Waals surface area contributed by atoms with E-state index in [1.54, 1.807) is 6.92 Å².